The lowest BCUT2D eigenvalue weighted by molar-refractivity contribution is 0.0947. The van der Waals surface area contributed by atoms with Crippen LogP contribution in [-0.2, 0) is 0 Å². The fourth-order valence-electron chi connectivity index (χ4n) is 3.32. The Labute approximate surface area is 225 Å². The lowest BCUT2D eigenvalue weighted by Gasteiger charge is -2.11. The number of nitrogens with one attached hydrogen (secondary N) is 2. The summed E-state index contributed by atoms with van der Waals surface area (Å²) < 4.78 is 11.8. The fourth-order valence-corrected chi connectivity index (χ4v) is 3.32. The van der Waals surface area contributed by atoms with Crippen LogP contribution >= 0.6 is 0 Å². The zero-order valence-corrected chi connectivity index (χ0v) is 20.9. The summed E-state index contributed by atoms with van der Waals surface area (Å²) in [5, 5.41) is 8.07. The van der Waals surface area contributed by atoms with Gasteiger partial charge < -0.3 is 9.47 Å². The molecule has 0 atom stereocenters. The number of nitrogens with zero attached hydrogens (tertiary/aromatic N) is 4. The van der Waals surface area contributed by atoms with E-state index in [2.05, 4.69) is 31.0 Å². The highest BCUT2D eigenvalue weighted by atomic mass is 16.5. The summed E-state index contributed by atoms with van der Waals surface area (Å²) in [4.78, 5) is 32.0. The topological polar surface area (TPSA) is 127 Å². The molecule has 2 amide bonds. The zero-order valence-electron chi connectivity index (χ0n) is 20.9. The van der Waals surface area contributed by atoms with Gasteiger partial charge in [-0.05, 0) is 48.5 Å². The van der Waals surface area contributed by atoms with Gasteiger partial charge in [-0.3, -0.25) is 19.6 Å². The molecule has 2 aromatic heterocycles. The minimum Gasteiger partial charge on any atom is -0.493 e. The van der Waals surface area contributed by atoms with E-state index in [0.717, 1.165) is 11.1 Å². The molecule has 196 valence electrons. The van der Waals surface area contributed by atoms with Gasteiger partial charge >= 0.3 is 0 Å². The quantitative estimate of drug-likeness (QED) is 0.165. The number of para-hydroxylation sites is 2. The van der Waals surface area contributed by atoms with Gasteiger partial charge in [0.25, 0.3) is 11.8 Å². The van der Waals surface area contributed by atoms with E-state index in [-0.39, 0.29) is 11.8 Å². The van der Waals surface area contributed by atoms with Crippen LogP contribution in [0.25, 0.3) is 0 Å². The largest absolute Gasteiger partial charge is 0.493 e. The van der Waals surface area contributed by atoms with Gasteiger partial charge in [0.15, 0.2) is 0 Å². The zero-order chi connectivity index (χ0) is 27.1. The van der Waals surface area contributed by atoms with Crippen molar-refractivity contribution in [3.63, 3.8) is 0 Å². The second-order valence-electron chi connectivity index (χ2n) is 8.00. The molecule has 0 saturated heterocycles. The third-order valence-corrected chi connectivity index (χ3v) is 5.27. The van der Waals surface area contributed by atoms with Crippen molar-refractivity contribution in [2.45, 2.75) is 6.42 Å². The van der Waals surface area contributed by atoms with Gasteiger partial charge in [-0.15, -0.1) is 0 Å². The molecule has 2 aromatic carbocycles. The molecule has 2 N–H and O–H groups in total. The van der Waals surface area contributed by atoms with Crippen LogP contribution in [0, 0.1) is 0 Å². The van der Waals surface area contributed by atoms with Crippen molar-refractivity contribution in [3.05, 3.63) is 120 Å². The predicted molar refractivity (Wildman–Crippen MR) is 147 cm³/mol. The van der Waals surface area contributed by atoms with Crippen molar-refractivity contribution in [2.24, 2.45) is 10.2 Å². The number of carbonyl (C=O) groups is 2. The molecular weight excluding hydrogens is 496 g/mol. The third-order valence-electron chi connectivity index (χ3n) is 5.27. The van der Waals surface area contributed by atoms with E-state index in [1.54, 1.807) is 49.1 Å². The third kappa shape index (κ3) is 8.32. The Hall–Kier alpha value is -5.38. The van der Waals surface area contributed by atoms with Crippen molar-refractivity contribution in [1.82, 2.24) is 20.8 Å². The van der Waals surface area contributed by atoms with E-state index in [0.29, 0.717) is 42.3 Å². The SMILES string of the molecule is O=C(N/N=C/c1ccccc1OCCCOc1ccccc1/C=N/NC(=O)c1ccncc1)c1ccncc1. The van der Waals surface area contributed by atoms with Crippen LogP contribution in [0.2, 0.25) is 0 Å². The van der Waals surface area contributed by atoms with Crippen molar-refractivity contribution >= 4 is 24.2 Å². The Morgan fingerprint density at radius 1 is 0.641 bits per heavy atom. The maximum absolute atomic E-state index is 12.1. The summed E-state index contributed by atoms with van der Waals surface area (Å²) in [5.41, 5.74) is 7.37. The number of amides is 2. The number of ether oxygens (including phenoxy) is 2. The monoisotopic (exact) mass is 522 g/mol. The van der Waals surface area contributed by atoms with Crippen LogP contribution in [0.4, 0.5) is 0 Å². The summed E-state index contributed by atoms with van der Waals surface area (Å²) in [6.07, 6.45) is 9.87. The highest BCUT2D eigenvalue weighted by Crippen LogP contribution is 2.18. The number of rotatable bonds is 12. The number of carbonyl (C=O) groups excluding carboxylic acids is 2. The fraction of sp³-hybridized carbons (Fsp3) is 0.103. The van der Waals surface area contributed by atoms with E-state index in [1.165, 1.54) is 12.4 Å². The molecule has 0 unspecified atom stereocenters. The molecule has 0 aliphatic carbocycles. The van der Waals surface area contributed by atoms with Crippen LogP contribution < -0.4 is 20.3 Å². The molecule has 0 fully saturated rings. The second kappa shape index (κ2) is 14.4. The Bertz CT molecular complexity index is 1320. The van der Waals surface area contributed by atoms with Gasteiger partial charge in [0, 0.05) is 53.5 Å². The molecule has 4 rings (SSSR count). The van der Waals surface area contributed by atoms with E-state index >= 15 is 0 Å². The predicted octanol–water partition coefficient (Wildman–Crippen LogP) is 3.85. The Morgan fingerprint density at radius 3 is 1.49 bits per heavy atom. The lowest BCUT2D eigenvalue weighted by atomic mass is 10.2. The highest BCUT2D eigenvalue weighted by molar-refractivity contribution is 5.95. The van der Waals surface area contributed by atoms with E-state index in [1.807, 2.05) is 48.5 Å². The van der Waals surface area contributed by atoms with Gasteiger partial charge in [-0.2, -0.15) is 10.2 Å². The van der Waals surface area contributed by atoms with E-state index in [4.69, 9.17) is 9.47 Å². The maximum Gasteiger partial charge on any atom is 0.271 e. The van der Waals surface area contributed by atoms with Crippen molar-refractivity contribution in [1.29, 1.82) is 0 Å². The van der Waals surface area contributed by atoms with Crippen molar-refractivity contribution in [2.75, 3.05) is 13.2 Å². The minimum absolute atomic E-state index is 0.328. The van der Waals surface area contributed by atoms with Crippen molar-refractivity contribution < 1.29 is 19.1 Å². The highest BCUT2D eigenvalue weighted by Gasteiger charge is 2.06. The van der Waals surface area contributed by atoms with Crippen LogP contribution in [0.15, 0.2) is 108 Å². The van der Waals surface area contributed by atoms with Gasteiger partial charge in [0.2, 0.25) is 0 Å². The molecule has 2 heterocycles. The molecule has 0 bridgehead atoms. The summed E-state index contributed by atoms with van der Waals surface area (Å²) in [5.74, 6) is 0.616. The van der Waals surface area contributed by atoms with Gasteiger partial charge in [-0.1, -0.05) is 24.3 Å². The van der Waals surface area contributed by atoms with Crippen LogP contribution in [0.1, 0.15) is 38.3 Å². The van der Waals surface area contributed by atoms with Gasteiger partial charge in [0.05, 0.1) is 25.6 Å². The molecule has 10 nitrogen and oxygen atoms in total. The molecule has 0 spiro atoms. The van der Waals surface area contributed by atoms with Gasteiger partial charge in [-0.25, -0.2) is 10.9 Å². The maximum atomic E-state index is 12.1. The minimum atomic E-state index is -0.328. The second-order valence-corrected chi connectivity index (χ2v) is 8.00. The first kappa shape index (κ1) is 26.7. The van der Waals surface area contributed by atoms with Crippen LogP contribution in [0.5, 0.6) is 11.5 Å². The van der Waals surface area contributed by atoms with Crippen molar-refractivity contribution in [3.8, 4) is 11.5 Å². The van der Waals surface area contributed by atoms with Crippen LogP contribution in [-0.4, -0.2) is 47.4 Å². The first-order chi connectivity index (χ1) is 19.2. The van der Waals surface area contributed by atoms with Gasteiger partial charge in [0.1, 0.15) is 11.5 Å². The summed E-state index contributed by atoms with van der Waals surface area (Å²) >= 11 is 0. The van der Waals surface area contributed by atoms with E-state index in [9.17, 15) is 9.59 Å². The molecule has 0 aliphatic heterocycles. The average Bonchev–Trinajstić information content (AvgIpc) is 2.99. The number of hydrazone groups is 2. The smallest absolute Gasteiger partial charge is 0.271 e. The Morgan fingerprint density at radius 2 is 1.05 bits per heavy atom. The molecule has 4 aromatic rings. The number of benzene rings is 2. The number of aromatic nitrogens is 2. The Balaban J connectivity index is 1.23. The summed E-state index contributed by atoms with van der Waals surface area (Å²) in [6, 6.07) is 21.2. The molecular formula is C29H26N6O4. The normalized spacial score (nSPS) is 10.9. The lowest BCUT2D eigenvalue weighted by Crippen LogP contribution is -2.17. The summed E-state index contributed by atoms with van der Waals surface area (Å²) in [6.45, 7) is 0.818. The number of pyridine rings is 2. The average molecular weight is 523 g/mol. The first-order valence-electron chi connectivity index (χ1n) is 12.1. The number of hydrogen-bond acceptors (Lipinski definition) is 8. The molecule has 0 aliphatic rings. The van der Waals surface area contributed by atoms with E-state index < -0.39 is 0 Å². The first-order valence-corrected chi connectivity index (χ1v) is 12.1. The van der Waals surface area contributed by atoms with Crippen LogP contribution in [0.3, 0.4) is 0 Å². The molecule has 0 radical (unpaired) electrons. The molecule has 0 saturated carbocycles. The standard InChI is InChI=1S/C29H26N6O4/c36-28(22-10-14-30-15-11-22)34-32-20-24-6-1-3-8-26(24)38-18-5-19-39-27-9-4-2-7-25(27)21-33-35-29(37)23-12-16-31-17-13-23/h1-4,6-17,20-21H,5,18-19H2,(H,34,36)(H,35,37)/b32-20+,33-21+. The molecule has 10 heteroatoms. The Kier molecular flexibility index (Phi) is 9.84. The molecule has 39 heavy (non-hydrogen) atoms. The number of hydrogen-bond donors (Lipinski definition) is 2. The summed E-state index contributed by atoms with van der Waals surface area (Å²) in [7, 11) is 0.